The van der Waals surface area contributed by atoms with Crippen LogP contribution in [0.25, 0.3) is 0 Å². The van der Waals surface area contributed by atoms with E-state index < -0.39 is 0 Å². The molecular weight excluding hydrogens is 244 g/mol. The number of nitrogens with one attached hydrogen (secondary N) is 2. The summed E-state index contributed by atoms with van der Waals surface area (Å²) < 4.78 is 5.11. The lowest BCUT2D eigenvalue weighted by Crippen LogP contribution is -2.31. The smallest absolute Gasteiger partial charge is 0.306 e. The van der Waals surface area contributed by atoms with E-state index in [0.29, 0.717) is 19.5 Å². The highest BCUT2D eigenvalue weighted by atomic mass is 16.5. The Bertz CT molecular complexity index is 393. The van der Waals surface area contributed by atoms with Crippen molar-refractivity contribution in [2.45, 2.75) is 25.9 Å². The first-order chi connectivity index (χ1) is 9.22. The maximum absolute atomic E-state index is 11.4. The normalized spacial score (nSPS) is 9.95. The second-order valence-electron chi connectivity index (χ2n) is 4.13. The number of carbonyl (C=O) groups excluding carboxylic acids is 2. The van der Waals surface area contributed by atoms with Crippen LogP contribution in [-0.2, 0) is 20.9 Å². The molecule has 0 aliphatic heterocycles. The number of carbonyl (C=O) groups is 2. The van der Waals surface area contributed by atoms with Gasteiger partial charge in [0.1, 0.15) is 6.61 Å². The molecule has 1 rings (SSSR count). The van der Waals surface area contributed by atoms with Crippen molar-refractivity contribution in [3.8, 4) is 0 Å². The van der Waals surface area contributed by atoms with Gasteiger partial charge < -0.3 is 15.4 Å². The first kappa shape index (κ1) is 15.2. The Labute approximate surface area is 113 Å². The fourth-order valence-electron chi connectivity index (χ4n) is 1.48. The van der Waals surface area contributed by atoms with Crippen molar-refractivity contribution in [3.63, 3.8) is 0 Å². The number of esters is 1. The summed E-state index contributed by atoms with van der Waals surface area (Å²) in [7, 11) is 1.75. The van der Waals surface area contributed by atoms with Gasteiger partial charge in [-0.25, -0.2) is 0 Å². The number of amides is 1. The highest BCUT2D eigenvalue weighted by Crippen LogP contribution is 2.03. The molecule has 0 fully saturated rings. The van der Waals surface area contributed by atoms with Crippen LogP contribution in [0.2, 0.25) is 0 Å². The van der Waals surface area contributed by atoms with Gasteiger partial charge in [0.25, 0.3) is 0 Å². The monoisotopic (exact) mass is 264 g/mol. The van der Waals surface area contributed by atoms with Gasteiger partial charge in [0.2, 0.25) is 5.91 Å². The van der Waals surface area contributed by atoms with E-state index in [1.165, 1.54) is 0 Å². The largest absolute Gasteiger partial charge is 0.461 e. The van der Waals surface area contributed by atoms with Crippen molar-refractivity contribution in [2.75, 3.05) is 13.7 Å². The molecule has 0 saturated heterocycles. The van der Waals surface area contributed by atoms with E-state index in [-0.39, 0.29) is 24.9 Å². The van der Waals surface area contributed by atoms with Crippen LogP contribution in [0.4, 0.5) is 0 Å². The highest BCUT2D eigenvalue weighted by Gasteiger charge is 2.06. The fraction of sp³-hybridized carbons (Fsp3) is 0.429. The summed E-state index contributed by atoms with van der Waals surface area (Å²) in [6.45, 7) is 0.725. The Hall–Kier alpha value is -1.88. The molecule has 0 bridgehead atoms. The molecule has 5 heteroatoms. The van der Waals surface area contributed by atoms with Crippen molar-refractivity contribution in [1.29, 1.82) is 0 Å². The Morgan fingerprint density at radius 3 is 2.58 bits per heavy atom. The number of benzene rings is 1. The third kappa shape index (κ3) is 7.21. The van der Waals surface area contributed by atoms with Gasteiger partial charge in [0.15, 0.2) is 0 Å². The number of rotatable bonds is 8. The third-order valence-electron chi connectivity index (χ3n) is 2.49. The lowest BCUT2D eigenvalue weighted by Gasteiger charge is -2.05. The Morgan fingerprint density at radius 2 is 1.89 bits per heavy atom. The zero-order valence-electron chi connectivity index (χ0n) is 11.1. The van der Waals surface area contributed by atoms with Crippen LogP contribution in [0.3, 0.4) is 0 Å². The molecule has 0 heterocycles. The molecule has 1 amide bonds. The van der Waals surface area contributed by atoms with E-state index in [1.54, 1.807) is 7.05 Å². The van der Waals surface area contributed by atoms with E-state index >= 15 is 0 Å². The Morgan fingerprint density at radius 1 is 1.16 bits per heavy atom. The van der Waals surface area contributed by atoms with Crippen LogP contribution in [0, 0.1) is 0 Å². The molecule has 5 nitrogen and oxygen atoms in total. The van der Waals surface area contributed by atoms with E-state index in [1.807, 2.05) is 30.3 Å². The van der Waals surface area contributed by atoms with Crippen LogP contribution < -0.4 is 10.6 Å². The maximum atomic E-state index is 11.4. The fourth-order valence-corrected chi connectivity index (χ4v) is 1.48. The molecule has 1 aromatic carbocycles. The summed E-state index contributed by atoms with van der Waals surface area (Å²) in [6, 6.07) is 9.51. The standard InChI is InChI=1S/C14H20N2O3/c1-15-11-16-13(17)8-5-9-14(18)19-10-12-6-3-2-4-7-12/h2-4,6-7,15H,5,8-11H2,1H3,(H,16,17). The van der Waals surface area contributed by atoms with E-state index in [2.05, 4.69) is 10.6 Å². The van der Waals surface area contributed by atoms with Crippen molar-refractivity contribution < 1.29 is 14.3 Å². The molecule has 0 atom stereocenters. The minimum absolute atomic E-state index is 0.0646. The van der Waals surface area contributed by atoms with Gasteiger partial charge >= 0.3 is 5.97 Å². The molecule has 19 heavy (non-hydrogen) atoms. The minimum Gasteiger partial charge on any atom is -0.461 e. The molecule has 1 aromatic rings. The van der Waals surface area contributed by atoms with Gasteiger partial charge in [-0.05, 0) is 19.0 Å². The van der Waals surface area contributed by atoms with E-state index in [9.17, 15) is 9.59 Å². The highest BCUT2D eigenvalue weighted by molar-refractivity contribution is 5.76. The van der Waals surface area contributed by atoms with Gasteiger partial charge in [-0.1, -0.05) is 30.3 Å². The molecule has 0 aliphatic rings. The predicted octanol–water partition coefficient (Wildman–Crippen LogP) is 1.19. The van der Waals surface area contributed by atoms with E-state index in [0.717, 1.165) is 5.56 Å². The maximum Gasteiger partial charge on any atom is 0.306 e. The summed E-state index contributed by atoms with van der Waals surface area (Å²) in [5.41, 5.74) is 0.961. The Kier molecular flexibility index (Phi) is 7.27. The summed E-state index contributed by atoms with van der Waals surface area (Å²) >= 11 is 0. The molecule has 0 unspecified atom stereocenters. The number of hydrogen-bond acceptors (Lipinski definition) is 4. The summed E-state index contributed by atoms with van der Waals surface area (Å²) in [4.78, 5) is 22.7. The van der Waals surface area contributed by atoms with Gasteiger partial charge in [-0.2, -0.15) is 0 Å². The summed E-state index contributed by atoms with van der Waals surface area (Å²) in [5, 5.41) is 5.47. The summed E-state index contributed by atoms with van der Waals surface area (Å²) in [5.74, 6) is -0.338. The summed E-state index contributed by atoms with van der Waals surface area (Å²) in [6.07, 6.45) is 1.10. The predicted molar refractivity (Wildman–Crippen MR) is 72.2 cm³/mol. The topological polar surface area (TPSA) is 67.4 Å². The molecule has 0 saturated carbocycles. The molecule has 0 radical (unpaired) electrons. The zero-order chi connectivity index (χ0) is 13.9. The Balaban J connectivity index is 2.10. The molecule has 0 spiro atoms. The van der Waals surface area contributed by atoms with Gasteiger partial charge in [-0.15, -0.1) is 0 Å². The first-order valence-corrected chi connectivity index (χ1v) is 6.33. The molecule has 0 aromatic heterocycles. The SMILES string of the molecule is CNCNC(=O)CCCC(=O)OCc1ccccc1. The van der Waals surface area contributed by atoms with Crippen LogP contribution in [-0.4, -0.2) is 25.6 Å². The van der Waals surface area contributed by atoms with Gasteiger partial charge in [-0.3, -0.25) is 9.59 Å². The third-order valence-corrected chi connectivity index (χ3v) is 2.49. The average molecular weight is 264 g/mol. The first-order valence-electron chi connectivity index (χ1n) is 6.33. The van der Waals surface area contributed by atoms with Crippen molar-refractivity contribution in [2.24, 2.45) is 0 Å². The van der Waals surface area contributed by atoms with Gasteiger partial charge in [0.05, 0.1) is 6.67 Å². The van der Waals surface area contributed by atoms with Crippen LogP contribution in [0.1, 0.15) is 24.8 Å². The lowest BCUT2D eigenvalue weighted by atomic mass is 10.2. The number of hydrogen-bond donors (Lipinski definition) is 2. The minimum atomic E-state index is -0.273. The number of ether oxygens (including phenoxy) is 1. The molecule has 0 aliphatic carbocycles. The second-order valence-corrected chi connectivity index (χ2v) is 4.13. The van der Waals surface area contributed by atoms with E-state index in [4.69, 9.17) is 4.74 Å². The lowest BCUT2D eigenvalue weighted by molar-refractivity contribution is -0.145. The molecular formula is C14H20N2O3. The van der Waals surface area contributed by atoms with Crippen molar-refractivity contribution in [1.82, 2.24) is 10.6 Å². The van der Waals surface area contributed by atoms with Gasteiger partial charge in [0, 0.05) is 12.8 Å². The quantitative estimate of drug-likeness (QED) is 0.547. The second kappa shape index (κ2) is 9.10. The molecule has 104 valence electrons. The average Bonchev–Trinajstić information content (AvgIpc) is 2.44. The van der Waals surface area contributed by atoms with Crippen LogP contribution in [0.5, 0.6) is 0 Å². The van der Waals surface area contributed by atoms with Crippen molar-refractivity contribution >= 4 is 11.9 Å². The molecule has 2 N–H and O–H groups in total. The zero-order valence-corrected chi connectivity index (χ0v) is 11.1. The van der Waals surface area contributed by atoms with Crippen LogP contribution in [0.15, 0.2) is 30.3 Å². The van der Waals surface area contributed by atoms with Crippen molar-refractivity contribution in [3.05, 3.63) is 35.9 Å². The van der Waals surface area contributed by atoms with Crippen LogP contribution >= 0.6 is 0 Å².